The summed E-state index contributed by atoms with van der Waals surface area (Å²) >= 11 is 6.10. The van der Waals surface area contributed by atoms with Gasteiger partial charge in [0.25, 0.3) is 0 Å². The molecule has 2 amide bonds. The summed E-state index contributed by atoms with van der Waals surface area (Å²) in [5.74, 6) is -1.06. The van der Waals surface area contributed by atoms with Crippen molar-refractivity contribution in [1.29, 1.82) is 0 Å². The van der Waals surface area contributed by atoms with Crippen LogP contribution in [0.15, 0.2) is 24.3 Å². The number of primary amides is 1. The summed E-state index contributed by atoms with van der Waals surface area (Å²) in [7, 11) is 1.67. The van der Waals surface area contributed by atoms with E-state index in [2.05, 4.69) is 0 Å². The highest BCUT2D eigenvalue weighted by Gasteiger charge is 2.42. The Morgan fingerprint density at radius 2 is 2.12 bits per heavy atom. The Hall–Kier alpha value is -1.55. The number of benzene rings is 1. The Bertz CT molecular complexity index is 475. The first kappa shape index (κ1) is 11.9. The van der Waals surface area contributed by atoms with E-state index in [9.17, 15) is 9.59 Å². The van der Waals surface area contributed by atoms with Crippen molar-refractivity contribution in [2.45, 2.75) is 12.5 Å². The van der Waals surface area contributed by atoms with Gasteiger partial charge < -0.3 is 10.6 Å². The molecule has 0 radical (unpaired) electrons. The van der Waals surface area contributed by atoms with Gasteiger partial charge in [-0.1, -0.05) is 29.8 Å². The molecule has 2 unspecified atom stereocenters. The minimum absolute atomic E-state index is 0.0845. The van der Waals surface area contributed by atoms with Crippen molar-refractivity contribution in [2.24, 2.45) is 11.7 Å². The molecule has 1 heterocycles. The van der Waals surface area contributed by atoms with E-state index in [1.54, 1.807) is 13.1 Å². The van der Waals surface area contributed by atoms with Crippen LogP contribution in [0.25, 0.3) is 0 Å². The molecule has 1 aromatic carbocycles. The van der Waals surface area contributed by atoms with Gasteiger partial charge in [-0.15, -0.1) is 0 Å². The monoisotopic (exact) mass is 252 g/mol. The van der Waals surface area contributed by atoms with Crippen molar-refractivity contribution in [3.05, 3.63) is 34.9 Å². The molecule has 2 N–H and O–H groups in total. The van der Waals surface area contributed by atoms with Crippen molar-refractivity contribution in [3.8, 4) is 0 Å². The lowest BCUT2D eigenvalue weighted by molar-refractivity contribution is -0.128. The summed E-state index contributed by atoms with van der Waals surface area (Å²) in [6.45, 7) is 0. The number of likely N-dealkylation sites (tertiary alicyclic amines) is 1. The predicted molar refractivity (Wildman–Crippen MR) is 64.3 cm³/mol. The molecule has 0 aliphatic carbocycles. The van der Waals surface area contributed by atoms with E-state index in [-0.39, 0.29) is 18.4 Å². The molecule has 0 bridgehead atoms. The number of carbonyl (C=O) groups excluding carboxylic acids is 2. The van der Waals surface area contributed by atoms with Crippen LogP contribution in [-0.4, -0.2) is 23.8 Å². The van der Waals surface area contributed by atoms with Crippen LogP contribution in [-0.2, 0) is 9.59 Å². The van der Waals surface area contributed by atoms with Gasteiger partial charge in [0.15, 0.2) is 0 Å². The maximum Gasteiger partial charge on any atom is 0.223 e. The van der Waals surface area contributed by atoms with Crippen LogP contribution in [0.5, 0.6) is 0 Å². The minimum atomic E-state index is -0.507. The molecule has 1 aromatic rings. The third-order valence-corrected chi connectivity index (χ3v) is 3.52. The molecule has 5 heteroatoms. The van der Waals surface area contributed by atoms with Gasteiger partial charge in [-0.3, -0.25) is 9.59 Å². The Labute approximate surface area is 104 Å². The summed E-state index contributed by atoms with van der Waals surface area (Å²) in [6, 6.07) is 6.84. The quantitative estimate of drug-likeness (QED) is 0.864. The smallest absolute Gasteiger partial charge is 0.223 e. The number of nitrogens with two attached hydrogens (primary N) is 1. The molecule has 1 fully saturated rings. The SMILES string of the molecule is CN1C(=O)CC(C(N)=O)C1c1ccccc1Cl. The van der Waals surface area contributed by atoms with Crippen LogP contribution in [0.2, 0.25) is 5.02 Å². The molecular formula is C12H13ClN2O2. The van der Waals surface area contributed by atoms with Crippen LogP contribution >= 0.6 is 11.6 Å². The Morgan fingerprint density at radius 1 is 1.47 bits per heavy atom. The number of nitrogens with zero attached hydrogens (tertiary/aromatic N) is 1. The lowest BCUT2D eigenvalue weighted by Crippen LogP contribution is -2.30. The Kier molecular flexibility index (Phi) is 3.07. The normalized spacial score (nSPS) is 24.1. The van der Waals surface area contributed by atoms with Crippen LogP contribution in [0.4, 0.5) is 0 Å². The summed E-state index contributed by atoms with van der Waals surface area (Å²) < 4.78 is 0. The van der Waals surface area contributed by atoms with Crippen molar-refractivity contribution in [3.63, 3.8) is 0 Å². The lowest BCUT2D eigenvalue weighted by Gasteiger charge is -2.24. The van der Waals surface area contributed by atoms with Gasteiger partial charge in [0.1, 0.15) is 0 Å². The fourth-order valence-corrected chi connectivity index (χ4v) is 2.51. The van der Waals surface area contributed by atoms with Gasteiger partial charge in [-0.2, -0.15) is 0 Å². The first-order valence-electron chi connectivity index (χ1n) is 5.31. The number of carbonyl (C=O) groups is 2. The van der Waals surface area contributed by atoms with Crippen molar-refractivity contribution in [2.75, 3.05) is 7.05 Å². The van der Waals surface area contributed by atoms with Gasteiger partial charge in [0, 0.05) is 18.5 Å². The highest BCUT2D eigenvalue weighted by molar-refractivity contribution is 6.31. The third kappa shape index (κ3) is 2.00. The highest BCUT2D eigenvalue weighted by atomic mass is 35.5. The molecular weight excluding hydrogens is 240 g/mol. The van der Waals surface area contributed by atoms with Crippen LogP contribution in [0, 0.1) is 5.92 Å². The largest absolute Gasteiger partial charge is 0.369 e. The van der Waals surface area contributed by atoms with Gasteiger partial charge in [0.05, 0.1) is 12.0 Å². The fourth-order valence-electron chi connectivity index (χ4n) is 2.27. The maximum absolute atomic E-state index is 11.7. The molecule has 0 spiro atoms. The number of rotatable bonds is 2. The zero-order chi connectivity index (χ0) is 12.6. The molecule has 4 nitrogen and oxygen atoms in total. The number of hydrogen-bond acceptors (Lipinski definition) is 2. The molecule has 1 aliphatic heterocycles. The van der Waals surface area contributed by atoms with Crippen molar-refractivity contribution < 1.29 is 9.59 Å². The molecule has 2 rings (SSSR count). The van der Waals surface area contributed by atoms with E-state index in [1.807, 2.05) is 18.2 Å². The van der Waals surface area contributed by atoms with Gasteiger partial charge >= 0.3 is 0 Å². The van der Waals surface area contributed by atoms with Crippen LogP contribution in [0.1, 0.15) is 18.0 Å². The highest BCUT2D eigenvalue weighted by Crippen LogP contribution is 2.39. The minimum Gasteiger partial charge on any atom is -0.369 e. The third-order valence-electron chi connectivity index (χ3n) is 3.18. The molecule has 90 valence electrons. The molecule has 1 saturated heterocycles. The molecule has 1 aliphatic rings. The maximum atomic E-state index is 11.7. The van der Waals surface area contributed by atoms with E-state index >= 15 is 0 Å². The summed E-state index contributed by atoms with van der Waals surface area (Å²) in [4.78, 5) is 24.6. The molecule has 2 atom stereocenters. The molecule has 0 aromatic heterocycles. The first-order valence-corrected chi connectivity index (χ1v) is 5.69. The summed E-state index contributed by atoms with van der Waals surface area (Å²) in [6.07, 6.45) is 0.154. The topological polar surface area (TPSA) is 63.4 Å². The molecule has 0 saturated carbocycles. The average molecular weight is 253 g/mol. The summed E-state index contributed by atoms with van der Waals surface area (Å²) in [5, 5.41) is 0.547. The zero-order valence-electron chi connectivity index (χ0n) is 9.39. The van der Waals surface area contributed by atoms with Crippen LogP contribution in [0.3, 0.4) is 0 Å². The predicted octanol–water partition coefficient (Wildman–Crippen LogP) is 1.34. The second-order valence-electron chi connectivity index (χ2n) is 4.18. The van der Waals surface area contributed by atoms with Gasteiger partial charge in [-0.25, -0.2) is 0 Å². The number of hydrogen-bond donors (Lipinski definition) is 1. The number of amides is 2. The molecule has 17 heavy (non-hydrogen) atoms. The van der Waals surface area contributed by atoms with E-state index in [4.69, 9.17) is 17.3 Å². The zero-order valence-corrected chi connectivity index (χ0v) is 10.1. The Balaban J connectivity index is 2.44. The lowest BCUT2D eigenvalue weighted by atomic mass is 9.93. The Morgan fingerprint density at radius 3 is 2.71 bits per heavy atom. The van der Waals surface area contributed by atoms with E-state index < -0.39 is 11.8 Å². The van der Waals surface area contributed by atoms with Crippen LogP contribution < -0.4 is 5.73 Å². The van der Waals surface area contributed by atoms with Gasteiger partial charge in [0.2, 0.25) is 11.8 Å². The van der Waals surface area contributed by atoms with E-state index in [0.29, 0.717) is 5.02 Å². The standard InChI is InChI=1S/C12H13ClN2O2/c1-15-10(16)6-8(12(14)17)11(15)7-4-2-3-5-9(7)13/h2-5,8,11H,6H2,1H3,(H2,14,17). The second-order valence-corrected chi connectivity index (χ2v) is 4.59. The van der Waals surface area contributed by atoms with Crippen molar-refractivity contribution in [1.82, 2.24) is 4.90 Å². The fraction of sp³-hybridized carbons (Fsp3) is 0.333. The van der Waals surface area contributed by atoms with E-state index in [0.717, 1.165) is 5.56 Å². The second kappa shape index (κ2) is 4.37. The average Bonchev–Trinajstić information content (AvgIpc) is 2.57. The number of halogens is 1. The summed E-state index contributed by atoms with van der Waals surface area (Å²) in [5.41, 5.74) is 6.11. The van der Waals surface area contributed by atoms with Crippen molar-refractivity contribution >= 4 is 23.4 Å². The van der Waals surface area contributed by atoms with E-state index in [1.165, 1.54) is 4.90 Å². The van der Waals surface area contributed by atoms with Gasteiger partial charge in [-0.05, 0) is 11.6 Å². The first-order chi connectivity index (χ1) is 8.02.